The van der Waals surface area contributed by atoms with E-state index in [1.807, 2.05) is 13.8 Å². The van der Waals surface area contributed by atoms with E-state index >= 15 is 0 Å². The predicted octanol–water partition coefficient (Wildman–Crippen LogP) is 4.32. The summed E-state index contributed by atoms with van der Waals surface area (Å²) in [5.41, 5.74) is 5.57. The van der Waals surface area contributed by atoms with Crippen molar-refractivity contribution in [2.75, 3.05) is 0 Å². The van der Waals surface area contributed by atoms with Gasteiger partial charge in [-0.3, -0.25) is 0 Å². The first-order chi connectivity index (χ1) is 6.69. The minimum atomic E-state index is 0.851. The van der Waals surface area contributed by atoms with Gasteiger partial charge in [0.05, 0.1) is 0 Å². The highest BCUT2D eigenvalue weighted by atomic mass is 32.1. The zero-order valence-electron chi connectivity index (χ0n) is 10.0. The standard InChI is InChI=1S/C11H16S.C2H6/c1-4-10-5-8(2)9(3)6-11(10)7-12;1-2/h5-6,12H,4,7H2,1-3H3;1-2H3. The molecule has 0 aromatic heterocycles. The van der Waals surface area contributed by atoms with E-state index in [-0.39, 0.29) is 0 Å². The maximum atomic E-state index is 4.32. The van der Waals surface area contributed by atoms with Crippen LogP contribution in [0, 0.1) is 13.8 Å². The van der Waals surface area contributed by atoms with E-state index in [2.05, 4.69) is 45.5 Å². The number of aryl methyl sites for hydroxylation is 3. The number of hydrogen-bond acceptors (Lipinski definition) is 1. The Morgan fingerprint density at radius 1 is 1.00 bits per heavy atom. The third-order valence-electron chi connectivity index (χ3n) is 2.37. The molecule has 0 bridgehead atoms. The molecular weight excluding hydrogens is 188 g/mol. The average molecular weight is 210 g/mol. The first kappa shape index (κ1) is 13.6. The van der Waals surface area contributed by atoms with Crippen molar-refractivity contribution < 1.29 is 0 Å². The van der Waals surface area contributed by atoms with Crippen LogP contribution in [0.25, 0.3) is 0 Å². The summed E-state index contributed by atoms with van der Waals surface area (Å²) < 4.78 is 0. The van der Waals surface area contributed by atoms with Crippen LogP contribution in [0.15, 0.2) is 12.1 Å². The van der Waals surface area contributed by atoms with Gasteiger partial charge in [-0.05, 0) is 42.5 Å². The van der Waals surface area contributed by atoms with Crippen molar-refractivity contribution in [1.82, 2.24) is 0 Å². The van der Waals surface area contributed by atoms with Gasteiger partial charge in [0, 0.05) is 5.75 Å². The summed E-state index contributed by atoms with van der Waals surface area (Å²) in [6, 6.07) is 4.53. The Morgan fingerprint density at radius 2 is 1.43 bits per heavy atom. The summed E-state index contributed by atoms with van der Waals surface area (Å²) in [7, 11) is 0. The lowest BCUT2D eigenvalue weighted by Gasteiger charge is -2.09. The molecule has 0 saturated heterocycles. The topological polar surface area (TPSA) is 0 Å². The second-order valence-corrected chi connectivity index (χ2v) is 3.53. The van der Waals surface area contributed by atoms with Crippen molar-refractivity contribution in [1.29, 1.82) is 0 Å². The molecule has 0 heterocycles. The molecule has 0 saturated carbocycles. The van der Waals surface area contributed by atoms with Gasteiger partial charge in [-0.2, -0.15) is 12.6 Å². The van der Waals surface area contributed by atoms with Gasteiger partial charge in [-0.1, -0.05) is 32.9 Å². The zero-order chi connectivity index (χ0) is 11.1. The molecule has 0 amide bonds. The highest BCUT2D eigenvalue weighted by molar-refractivity contribution is 7.79. The van der Waals surface area contributed by atoms with Crippen molar-refractivity contribution in [2.45, 2.75) is 46.8 Å². The molecule has 0 aliphatic rings. The van der Waals surface area contributed by atoms with Crippen molar-refractivity contribution in [3.05, 3.63) is 34.4 Å². The van der Waals surface area contributed by atoms with Crippen LogP contribution in [0.5, 0.6) is 0 Å². The molecule has 1 heteroatoms. The molecule has 0 fully saturated rings. The lowest BCUT2D eigenvalue weighted by molar-refractivity contribution is 1.08. The van der Waals surface area contributed by atoms with E-state index in [0.29, 0.717) is 0 Å². The summed E-state index contributed by atoms with van der Waals surface area (Å²) in [4.78, 5) is 0. The molecule has 0 aliphatic heterocycles. The molecule has 0 atom stereocenters. The largest absolute Gasteiger partial charge is 0.175 e. The van der Waals surface area contributed by atoms with Crippen LogP contribution in [-0.4, -0.2) is 0 Å². The molecule has 0 unspecified atom stereocenters. The molecule has 0 nitrogen and oxygen atoms in total. The highest BCUT2D eigenvalue weighted by Crippen LogP contribution is 2.18. The van der Waals surface area contributed by atoms with Gasteiger partial charge in [-0.15, -0.1) is 0 Å². The van der Waals surface area contributed by atoms with Gasteiger partial charge >= 0.3 is 0 Å². The predicted molar refractivity (Wildman–Crippen MR) is 69.3 cm³/mol. The second-order valence-electron chi connectivity index (χ2n) is 3.22. The lowest BCUT2D eigenvalue weighted by Crippen LogP contribution is -1.93. The van der Waals surface area contributed by atoms with E-state index in [1.54, 1.807) is 0 Å². The van der Waals surface area contributed by atoms with E-state index < -0.39 is 0 Å². The Bertz CT molecular complexity index is 248. The summed E-state index contributed by atoms with van der Waals surface area (Å²) in [6.07, 6.45) is 1.11. The molecule has 14 heavy (non-hydrogen) atoms. The molecule has 80 valence electrons. The van der Waals surface area contributed by atoms with Gasteiger partial charge in [0.25, 0.3) is 0 Å². The normalized spacial score (nSPS) is 9.29. The van der Waals surface area contributed by atoms with Crippen molar-refractivity contribution in [3.63, 3.8) is 0 Å². The zero-order valence-corrected chi connectivity index (χ0v) is 10.9. The van der Waals surface area contributed by atoms with E-state index in [9.17, 15) is 0 Å². The average Bonchev–Trinajstić information content (AvgIpc) is 2.24. The van der Waals surface area contributed by atoms with E-state index in [0.717, 1.165) is 12.2 Å². The number of hydrogen-bond donors (Lipinski definition) is 1. The molecule has 1 aromatic rings. The Labute approximate surface area is 94.1 Å². The SMILES string of the molecule is CC.CCc1cc(C)c(C)cc1CS. The monoisotopic (exact) mass is 210 g/mol. The Morgan fingerprint density at radius 3 is 1.79 bits per heavy atom. The first-order valence-electron chi connectivity index (χ1n) is 5.39. The maximum absolute atomic E-state index is 4.32. The van der Waals surface area contributed by atoms with Crippen LogP contribution in [-0.2, 0) is 12.2 Å². The van der Waals surface area contributed by atoms with Crippen molar-refractivity contribution in [2.24, 2.45) is 0 Å². The van der Waals surface area contributed by atoms with E-state index in [4.69, 9.17) is 0 Å². The second kappa shape index (κ2) is 6.94. The maximum Gasteiger partial charge on any atom is 0.0157 e. The first-order valence-corrected chi connectivity index (χ1v) is 6.02. The third-order valence-corrected chi connectivity index (χ3v) is 2.71. The molecule has 0 N–H and O–H groups in total. The molecule has 0 radical (unpaired) electrons. The minimum absolute atomic E-state index is 0.851. The van der Waals surface area contributed by atoms with Crippen LogP contribution in [0.2, 0.25) is 0 Å². The van der Waals surface area contributed by atoms with Crippen LogP contribution in [0.4, 0.5) is 0 Å². The molecular formula is C13H22S. The summed E-state index contributed by atoms with van der Waals surface area (Å²) in [6.45, 7) is 10.5. The fourth-order valence-electron chi connectivity index (χ4n) is 1.41. The molecule has 0 aliphatic carbocycles. The summed E-state index contributed by atoms with van der Waals surface area (Å²) in [5, 5.41) is 0. The van der Waals surface area contributed by atoms with Crippen LogP contribution in [0.1, 0.15) is 43.0 Å². The molecule has 0 spiro atoms. The lowest BCUT2D eigenvalue weighted by atomic mass is 9.99. The fourth-order valence-corrected chi connectivity index (χ4v) is 1.71. The van der Waals surface area contributed by atoms with Crippen LogP contribution >= 0.6 is 12.6 Å². The van der Waals surface area contributed by atoms with Crippen LogP contribution in [0.3, 0.4) is 0 Å². The third kappa shape index (κ3) is 3.38. The molecule has 1 rings (SSSR count). The van der Waals surface area contributed by atoms with Crippen LogP contribution < -0.4 is 0 Å². The molecule has 1 aromatic carbocycles. The number of thiol groups is 1. The highest BCUT2D eigenvalue weighted by Gasteiger charge is 2.01. The van der Waals surface area contributed by atoms with Crippen molar-refractivity contribution in [3.8, 4) is 0 Å². The summed E-state index contributed by atoms with van der Waals surface area (Å²) >= 11 is 4.32. The number of rotatable bonds is 2. The van der Waals surface area contributed by atoms with Gasteiger partial charge < -0.3 is 0 Å². The summed E-state index contributed by atoms with van der Waals surface area (Å²) in [5.74, 6) is 0.851. The Hall–Kier alpha value is -0.430. The van der Waals surface area contributed by atoms with Gasteiger partial charge in [0.2, 0.25) is 0 Å². The Kier molecular flexibility index (Phi) is 6.73. The van der Waals surface area contributed by atoms with Gasteiger partial charge in [0.15, 0.2) is 0 Å². The smallest absolute Gasteiger partial charge is 0.0157 e. The van der Waals surface area contributed by atoms with Gasteiger partial charge in [0.1, 0.15) is 0 Å². The minimum Gasteiger partial charge on any atom is -0.175 e. The Balaban J connectivity index is 0.000000791. The van der Waals surface area contributed by atoms with E-state index in [1.165, 1.54) is 22.3 Å². The van der Waals surface area contributed by atoms with Crippen molar-refractivity contribution >= 4 is 12.6 Å². The fraction of sp³-hybridized carbons (Fsp3) is 0.538. The van der Waals surface area contributed by atoms with Gasteiger partial charge in [-0.25, -0.2) is 0 Å². The quantitative estimate of drug-likeness (QED) is 0.690. The number of benzene rings is 1.